The molecule has 25 heavy (non-hydrogen) atoms. The number of hydrogen-bond donors (Lipinski definition) is 1. The minimum Gasteiger partial charge on any atom is -0.336 e. The van der Waals surface area contributed by atoms with Crippen molar-refractivity contribution >= 4 is 28.4 Å². The maximum Gasteiger partial charge on any atom is 0.280 e. The van der Waals surface area contributed by atoms with Gasteiger partial charge in [0.25, 0.3) is 5.56 Å². The fraction of sp³-hybridized carbons (Fsp3) is 0.0556. The van der Waals surface area contributed by atoms with Crippen LogP contribution in [0.3, 0.4) is 0 Å². The van der Waals surface area contributed by atoms with Crippen molar-refractivity contribution in [3.63, 3.8) is 0 Å². The molecule has 0 aliphatic carbocycles. The molecule has 0 fully saturated rings. The maximum atomic E-state index is 12.7. The molecule has 2 aromatic carbocycles. The summed E-state index contributed by atoms with van der Waals surface area (Å²) in [5, 5.41) is 4.93. The highest BCUT2D eigenvalue weighted by atomic mass is 35.5. The highest BCUT2D eigenvalue weighted by molar-refractivity contribution is 6.31. The Hall–Kier alpha value is -3.12. The molecule has 4 rings (SSSR count). The zero-order valence-electron chi connectivity index (χ0n) is 13.2. The molecule has 6 nitrogen and oxygen atoms in total. The summed E-state index contributed by atoms with van der Waals surface area (Å²) in [4.78, 5) is 17.1. The van der Waals surface area contributed by atoms with Gasteiger partial charge in [-0.15, -0.1) is 0 Å². The monoisotopic (exact) mass is 352 g/mol. The Bertz CT molecular complexity index is 1120. The Morgan fingerprint density at radius 1 is 1.12 bits per heavy atom. The summed E-state index contributed by atoms with van der Waals surface area (Å²) in [6, 6.07) is 16.4. The average molecular weight is 353 g/mol. The summed E-state index contributed by atoms with van der Waals surface area (Å²) in [7, 11) is 0. The first-order valence-corrected chi connectivity index (χ1v) is 7.98. The van der Waals surface area contributed by atoms with Gasteiger partial charge in [-0.1, -0.05) is 47.1 Å². The van der Waals surface area contributed by atoms with Gasteiger partial charge < -0.3 is 4.52 Å². The number of nitrogens with zero attached hydrogens (tertiary/aromatic N) is 3. The van der Waals surface area contributed by atoms with Gasteiger partial charge in [0.05, 0.1) is 10.9 Å². The molecule has 2 aromatic heterocycles. The third-order valence-corrected chi connectivity index (χ3v) is 4.03. The van der Waals surface area contributed by atoms with E-state index in [2.05, 4.69) is 15.6 Å². The number of fused-ring (bicyclic) bond motifs is 1. The molecular formula is C18H13ClN4O2. The number of rotatable bonds is 3. The van der Waals surface area contributed by atoms with E-state index in [4.69, 9.17) is 16.1 Å². The first-order valence-electron chi connectivity index (χ1n) is 7.60. The highest BCUT2D eigenvalue weighted by Crippen LogP contribution is 2.21. The Kier molecular flexibility index (Phi) is 3.74. The first-order chi connectivity index (χ1) is 12.1. The zero-order valence-corrected chi connectivity index (χ0v) is 14.0. The van der Waals surface area contributed by atoms with Crippen LogP contribution in [-0.4, -0.2) is 14.8 Å². The second-order valence-electron chi connectivity index (χ2n) is 5.52. The number of nitrogens with one attached hydrogen (secondary N) is 1. The SMILES string of the molecule is Cc1nc2ccc(Cl)cc2c(=O)n1Nc1cc(-c2ccccc2)no1. The van der Waals surface area contributed by atoms with Gasteiger partial charge in [-0.3, -0.25) is 10.2 Å². The van der Waals surface area contributed by atoms with Crippen molar-refractivity contribution in [3.8, 4) is 11.3 Å². The Labute approximate surface area is 147 Å². The molecular weight excluding hydrogens is 340 g/mol. The van der Waals surface area contributed by atoms with Gasteiger partial charge in [-0.2, -0.15) is 0 Å². The first kappa shape index (κ1) is 15.4. The number of halogens is 1. The van der Waals surface area contributed by atoms with Crippen molar-refractivity contribution in [2.24, 2.45) is 0 Å². The highest BCUT2D eigenvalue weighted by Gasteiger charge is 2.12. The number of benzene rings is 2. The number of aromatic nitrogens is 3. The van der Waals surface area contributed by atoms with Crippen molar-refractivity contribution in [3.05, 3.63) is 75.8 Å². The fourth-order valence-electron chi connectivity index (χ4n) is 2.58. The molecule has 0 atom stereocenters. The van der Waals surface area contributed by atoms with Crippen LogP contribution >= 0.6 is 11.6 Å². The van der Waals surface area contributed by atoms with Crippen LogP contribution in [0.4, 0.5) is 5.88 Å². The van der Waals surface area contributed by atoms with Crippen LogP contribution in [0.2, 0.25) is 5.02 Å². The normalized spacial score (nSPS) is 11.0. The lowest BCUT2D eigenvalue weighted by Crippen LogP contribution is -2.29. The molecule has 0 saturated heterocycles. The Morgan fingerprint density at radius 2 is 1.92 bits per heavy atom. The Morgan fingerprint density at radius 3 is 2.72 bits per heavy atom. The predicted octanol–water partition coefficient (Wildman–Crippen LogP) is 3.89. The smallest absolute Gasteiger partial charge is 0.280 e. The second-order valence-corrected chi connectivity index (χ2v) is 5.95. The molecule has 124 valence electrons. The quantitative estimate of drug-likeness (QED) is 0.605. The van der Waals surface area contributed by atoms with Gasteiger partial charge in [-0.25, -0.2) is 9.66 Å². The zero-order chi connectivity index (χ0) is 17.4. The molecule has 4 aromatic rings. The van der Waals surface area contributed by atoms with Crippen molar-refractivity contribution in [2.75, 3.05) is 5.43 Å². The predicted molar refractivity (Wildman–Crippen MR) is 96.7 cm³/mol. The number of hydrogen-bond acceptors (Lipinski definition) is 5. The molecule has 0 radical (unpaired) electrons. The van der Waals surface area contributed by atoms with Crippen molar-refractivity contribution in [2.45, 2.75) is 6.92 Å². The lowest BCUT2D eigenvalue weighted by atomic mass is 10.2. The van der Waals surface area contributed by atoms with Crippen molar-refractivity contribution in [1.82, 2.24) is 14.8 Å². The summed E-state index contributed by atoms with van der Waals surface area (Å²) in [5.41, 5.74) is 4.84. The topological polar surface area (TPSA) is 73.0 Å². The van der Waals surface area contributed by atoms with E-state index in [0.717, 1.165) is 5.56 Å². The maximum absolute atomic E-state index is 12.7. The van der Waals surface area contributed by atoms with E-state index in [0.29, 0.717) is 33.3 Å². The van der Waals surface area contributed by atoms with E-state index in [-0.39, 0.29) is 5.56 Å². The van der Waals surface area contributed by atoms with Crippen LogP contribution in [0.15, 0.2) is 63.9 Å². The fourth-order valence-corrected chi connectivity index (χ4v) is 2.76. The minimum atomic E-state index is -0.261. The molecule has 0 spiro atoms. The number of anilines is 1. The van der Waals surface area contributed by atoms with E-state index in [9.17, 15) is 4.79 Å². The average Bonchev–Trinajstić information content (AvgIpc) is 3.09. The largest absolute Gasteiger partial charge is 0.336 e. The van der Waals surface area contributed by atoms with Crippen molar-refractivity contribution < 1.29 is 4.52 Å². The van der Waals surface area contributed by atoms with Crippen LogP contribution in [0.5, 0.6) is 0 Å². The molecule has 2 heterocycles. The molecule has 0 bridgehead atoms. The standard InChI is InChI=1S/C18H13ClN4O2/c1-11-20-15-8-7-13(19)9-14(15)18(24)23(11)21-17-10-16(22-25-17)12-5-3-2-4-6-12/h2-10,21H,1H3. The molecule has 0 aliphatic heterocycles. The lowest BCUT2D eigenvalue weighted by Gasteiger charge is -2.10. The Balaban J connectivity index is 1.74. The van der Waals surface area contributed by atoms with E-state index in [1.807, 2.05) is 30.3 Å². The molecule has 1 N–H and O–H groups in total. The van der Waals surface area contributed by atoms with Crippen LogP contribution < -0.4 is 11.0 Å². The van der Waals surface area contributed by atoms with Crippen LogP contribution in [0, 0.1) is 6.92 Å². The summed E-state index contributed by atoms with van der Waals surface area (Å²) in [6.45, 7) is 1.73. The van der Waals surface area contributed by atoms with Gasteiger partial charge in [0.2, 0.25) is 5.88 Å². The van der Waals surface area contributed by atoms with Gasteiger partial charge in [0.1, 0.15) is 11.5 Å². The second kappa shape index (κ2) is 6.07. The molecule has 0 amide bonds. The van der Waals surface area contributed by atoms with Crippen LogP contribution in [0.1, 0.15) is 5.82 Å². The third kappa shape index (κ3) is 2.88. The summed E-state index contributed by atoms with van der Waals surface area (Å²) in [5.74, 6) is 0.838. The van der Waals surface area contributed by atoms with E-state index in [1.54, 1.807) is 31.2 Å². The van der Waals surface area contributed by atoms with Gasteiger partial charge in [-0.05, 0) is 25.1 Å². The summed E-state index contributed by atoms with van der Waals surface area (Å²) in [6.07, 6.45) is 0. The number of aryl methyl sites for hydroxylation is 1. The molecule has 0 unspecified atom stereocenters. The minimum absolute atomic E-state index is 0.261. The van der Waals surface area contributed by atoms with E-state index in [1.165, 1.54) is 4.68 Å². The van der Waals surface area contributed by atoms with Gasteiger partial charge in [0, 0.05) is 16.7 Å². The van der Waals surface area contributed by atoms with E-state index < -0.39 is 0 Å². The molecule has 0 saturated carbocycles. The van der Waals surface area contributed by atoms with Crippen LogP contribution in [-0.2, 0) is 0 Å². The molecule has 0 aliphatic rings. The summed E-state index contributed by atoms with van der Waals surface area (Å²) >= 11 is 5.99. The summed E-state index contributed by atoms with van der Waals surface area (Å²) < 4.78 is 6.61. The third-order valence-electron chi connectivity index (χ3n) is 3.80. The van der Waals surface area contributed by atoms with Gasteiger partial charge >= 0.3 is 0 Å². The van der Waals surface area contributed by atoms with Gasteiger partial charge in [0.15, 0.2) is 0 Å². The van der Waals surface area contributed by atoms with Crippen LogP contribution in [0.25, 0.3) is 22.2 Å². The van der Waals surface area contributed by atoms with Crippen molar-refractivity contribution in [1.29, 1.82) is 0 Å². The molecule has 7 heteroatoms. The van der Waals surface area contributed by atoms with E-state index >= 15 is 0 Å². The lowest BCUT2D eigenvalue weighted by molar-refractivity contribution is 0.430.